The van der Waals surface area contributed by atoms with Gasteiger partial charge in [0.25, 0.3) is 0 Å². The van der Waals surface area contributed by atoms with Crippen molar-refractivity contribution in [3.63, 3.8) is 0 Å². The van der Waals surface area contributed by atoms with Crippen LogP contribution in [0.2, 0.25) is 0 Å². The third-order valence-corrected chi connectivity index (χ3v) is 9.58. The zero-order chi connectivity index (χ0) is 19.0. The van der Waals surface area contributed by atoms with E-state index in [2.05, 4.69) is 29.3 Å². The topological polar surface area (TPSA) is 105 Å². The molecule has 4 aliphatic carbocycles. The summed E-state index contributed by atoms with van der Waals surface area (Å²) in [5, 5.41) is 8.79. The fourth-order valence-electron chi connectivity index (χ4n) is 5.46. The molecule has 3 heterocycles. The summed E-state index contributed by atoms with van der Waals surface area (Å²) in [6, 6.07) is 2.02. The standard InChI is InChI=1S/C19H24N6O2S/c26-28(27,13-2-1-3-13)24-19-8-5-18(6-9-19,7-10-19)17-23-22-15-12-21-16-14(25(15)17)4-11-20-16/h4,11-13,20,24H,1-3,5-10H2. The van der Waals surface area contributed by atoms with Crippen LogP contribution in [0.15, 0.2) is 18.5 Å². The molecule has 8 nitrogen and oxygen atoms in total. The van der Waals surface area contributed by atoms with Crippen molar-refractivity contribution >= 4 is 26.8 Å². The number of aromatic amines is 1. The van der Waals surface area contributed by atoms with Gasteiger partial charge in [0, 0.05) is 17.2 Å². The van der Waals surface area contributed by atoms with Gasteiger partial charge in [0.2, 0.25) is 10.0 Å². The molecule has 7 rings (SSSR count). The summed E-state index contributed by atoms with van der Waals surface area (Å²) < 4.78 is 30.7. The van der Waals surface area contributed by atoms with Crippen LogP contribution in [-0.4, -0.2) is 43.8 Å². The summed E-state index contributed by atoms with van der Waals surface area (Å²) in [6.07, 6.45) is 11.7. The third-order valence-electron chi connectivity index (χ3n) is 7.51. The smallest absolute Gasteiger partial charge is 0.214 e. The van der Waals surface area contributed by atoms with E-state index in [-0.39, 0.29) is 16.2 Å². The second-order valence-electron chi connectivity index (χ2n) is 8.95. The number of hydrogen-bond acceptors (Lipinski definition) is 5. The Morgan fingerprint density at radius 2 is 1.86 bits per heavy atom. The Balaban J connectivity index is 1.33. The van der Waals surface area contributed by atoms with Gasteiger partial charge in [0.1, 0.15) is 5.82 Å². The number of fused-ring (bicyclic) bond motifs is 6. The van der Waals surface area contributed by atoms with Crippen LogP contribution in [-0.2, 0) is 15.4 Å². The number of nitrogens with zero attached hydrogens (tertiary/aromatic N) is 4. The third kappa shape index (κ3) is 2.26. The number of sulfonamides is 1. The van der Waals surface area contributed by atoms with Crippen LogP contribution in [0, 0.1) is 0 Å². The average Bonchev–Trinajstić information content (AvgIpc) is 3.27. The SMILES string of the molecule is O=S(=O)(NC12CCC(c3nnc4cnc5[nH]ccc5n34)(CC1)CC2)C1CCC1. The Bertz CT molecular complexity index is 1150. The van der Waals surface area contributed by atoms with Crippen LogP contribution in [0.1, 0.15) is 63.6 Å². The predicted octanol–water partition coefficient (Wildman–Crippen LogP) is 2.42. The van der Waals surface area contributed by atoms with Crippen molar-refractivity contribution in [1.29, 1.82) is 0 Å². The molecule has 4 fully saturated rings. The fraction of sp³-hybridized carbons (Fsp3) is 0.632. The largest absolute Gasteiger partial charge is 0.345 e. The monoisotopic (exact) mass is 400 g/mol. The highest BCUT2D eigenvalue weighted by atomic mass is 32.2. The van der Waals surface area contributed by atoms with Crippen molar-refractivity contribution < 1.29 is 8.42 Å². The van der Waals surface area contributed by atoms with Crippen molar-refractivity contribution in [3.05, 3.63) is 24.3 Å². The van der Waals surface area contributed by atoms with Gasteiger partial charge in [0.05, 0.1) is 17.0 Å². The zero-order valence-corrected chi connectivity index (χ0v) is 16.5. The van der Waals surface area contributed by atoms with Gasteiger partial charge in [0.15, 0.2) is 11.3 Å². The molecule has 3 aromatic rings. The molecule has 4 aliphatic rings. The summed E-state index contributed by atoms with van der Waals surface area (Å²) in [7, 11) is -3.19. The molecule has 2 bridgehead atoms. The summed E-state index contributed by atoms with van der Waals surface area (Å²) in [5.41, 5.74) is 2.31. The number of hydrogen-bond donors (Lipinski definition) is 2. The van der Waals surface area contributed by atoms with Crippen molar-refractivity contribution in [3.8, 4) is 0 Å². The van der Waals surface area contributed by atoms with E-state index >= 15 is 0 Å². The number of aromatic nitrogens is 5. The van der Waals surface area contributed by atoms with E-state index in [0.717, 1.165) is 80.4 Å². The Kier molecular flexibility index (Phi) is 3.34. The minimum atomic E-state index is -3.19. The molecule has 4 saturated carbocycles. The van der Waals surface area contributed by atoms with Gasteiger partial charge in [-0.1, -0.05) is 6.42 Å². The van der Waals surface area contributed by atoms with E-state index < -0.39 is 10.0 Å². The maximum Gasteiger partial charge on any atom is 0.214 e. The summed E-state index contributed by atoms with van der Waals surface area (Å²) in [6.45, 7) is 0. The van der Waals surface area contributed by atoms with Gasteiger partial charge < -0.3 is 4.98 Å². The zero-order valence-electron chi connectivity index (χ0n) is 15.7. The van der Waals surface area contributed by atoms with Gasteiger partial charge in [-0.25, -0.2) is 18.1 Å². The molecule has 2 N–H and O–H groups in total. The first kappa shape index (κ1) is 16.9. The molecular weight excluding hydrogens is 376 g/mol. The molecule has 0 amide bonds. The van der Waals surface area contributed by atoms with Gasteiger partial charge in [-0.2, -0.15) is 0 Å². The maximum absolute atomic E-state index is 12.7. The Hall–Kier alpha value is -2.00. The van der Waals surface area contributed by atoms with E-state index in [0.29, 0.717) is 0 Å². The summed E-state index contributed by atoms with van der Waals surface area (Å²) >= 11 is 0. The van der Waals surface area contributed by atoms with E-state index in [1.54, 1.807) is 6.20 Å². The van der Waals surface area contributed by atoms with Gasteiger partial charge in [-0.05, 0) is 57.4 Å². The molecule has 0 aromatic carbocycles. The number of nitrogens with one attached hydrogen (secondary N) is 2. The normalized spacial score (nSPS) is 30.9. The van der Waals surface area contributed by atoms with E-state index in [4.69, 9.17) is 0 Å². The lowest BCUT2D eigenvalue weighted by Gasteiger charge is -2.53. The Morgan fingerprint density at radius 1 is 1.11 bits per heavy atom. The molecule has 28 heavy (non-hydrogen) atoms. The fourth-order valence-corrected chi connectivity index (χ4v) is 7.49. The highest BCUT2D eigenvalue weighted by molar-refractivity contribution is 7.90. The van der Waals surface area contributed by atoms with E-state index in [1.807, 2.05) is 12.3 Å². The Labute approximate surface area is 163 Å². The predicted molar refractivity (Wildman–Crippen MR) is 104 cm³/mol. The first-order valence-electron chi connectivity index (χ1n) is 10.2. The lowest BCUT2D eigenvalue weighted by Crippen LogP contribution is -2.59. The minimum Gasteiger partial charge on any atom is -0.345 e. The van der Waals surface area contributed by atoms with Crippen LogP contribution in [0.25, 0.3) is 16.8 Å². The Morgan fingerprint density at radius 3 is 2.54 bits per heavy atom. The van der Waals surface area contributed by atoms with Gasteiger partial charge in [-0.3, -0.25) is 4.40 Å². The molecule has 0 unspecified atom stereocenters. The van der Waals surface area contributed by atoms with Crippen molar-refractivity contribution in [2.45, 2.75) is 74.0 Å². The first-order valence-corrected chi connectivity index (χ1v) is 11.8. The van der Waals surface area contributed by atoms with Crippen molar-refractivity contribution in [2.24, 2.45) is 0 Å². The minimum absolute atomic E-state index is 0.0331. The van der Waals surface area contributed by atoms with Crippen LogP contribution < -0.4 is 4.72 Å². The van der Waals surface area contributed by atoms with E-state index in [9.17, 15) is 8.42 Å². The molecular formula is C19H24N6O2S. The molecule has 0 atom stereocenters. The number of H-pyrrole nitrogens is 1. The van der Waals surface area contributed by atoms with Crippen LogP contribution in [0.3, 0.4) is 0 Å². The van der Waals surface area contributed by atoms with Gasteiger partial charge >= 0.3 is 0 Å². The average molecular weight is 401 g/mol. The molecule has 0 aliphatic heterocycles. The lowest BCUT2D eigenvalue weighted by molar-refractivity contribution is 0.0878. The second-order valence-corrected chi connectivity index (χ2v) is 10.9. The van der Waals surface area contributed by atoms with Crippen LogP contribution in [0.4, 0.5) is 0 Å². The molecule has 0 radical (unpaired) electrons. The van der Waals surface area contributed by atoms with Crippen LogP contribution in [0.5, 0.6) is 0 Å². The van der Waals surface area contributed by atoms with Crippen LogP contribution >= 0.6 is 0 Å². The van der Waals surface area contributed by atoms with Crippen molar-refractivity contribution in [1.82, 2.24) is 29.3 Å². The lowest BCUT2D eigenvalue weighted by atomic mass is 9.57. The maximum atomic E-state index is 12.7. The number of rotatable bonds is 4. The summed E-state index contributed by atoms with van der Waals surface area (Å²) in [4.78, 5) is 7.57. The first-order chi connectivity index (χ1) is 13.5. The van der Waals surface area contributed by atoms with E-state index in [1.165, 1.54) is 0 Å². The molecule has 148 valence electrons. The molecule has 0 saturated heterocycles. The summed E-state index contributed by atoms with van der Waals surface area (Å²) in [5.74, 6) is 1.00. The van der Waals surface area contributed by atoms with Crippen molar-refractivity contribution in [2.75, 3.05) is 0 Å². The molecule has 9 heteroatoms. The second kappa shape index (κ2) is 5.54. The highest BCUT2D eigenvalue weighted by Gasteiger charge is 2.53. The quantitative estimate of drug-likeness (QED) is 0.700. The molecule has 0 spiro atoms. The van der Waals surface area contributed by atoms with Gasteiger partial charge in [-0.15, -0.1) is 10.2 Å². The highest BCUT2D eigenvalue weighted by Crippen LogP contribution is 2.53. The molecule has 3 aromatic heterocycles.